The minimum Gasteiger partial charge on any atom is -0.497 e. The third-order valence-corrected chi connectivity index (χ3v) is 3.03. The van der Waals surface area contributed by atoms with Crippen molar-refractivity contribution in [2.75, 3.05) is 7.11 Å². The van der Waals surface area contributed by atoms with Crippen LogP contribution in [0.3, 0.4) is 0 Å². The van der Waals surface area contributed by atoms with Gasteiger partial charge in [0.1, 0.15) is 12.4 Å². The summed E-state index contributed by atoms with van der Waals surface area (Å²) in [5.74, 6) is 0.306. The van der Waals surface area contributed by atoms with Crippen LogP contribution in [-0.2, 0) is 6.61 Å². The fourth-order valence-electron chi connectivity index (χ4n) is 1.94. The summed E-state index contributed by atoms with van der Waals surface area (Å²) in [6.45, 7) is 3.57. The molecule has 1 aromatic carbocycles. The molecule has 0 aliphatic heterocycles. The van der Waals surface area contributed by atoms with Gasteiger partial charge >= 0.3 is 0 Å². The SMILES string of the molecule is COc1cc(C)nc(COc2ccc(C(C)O)cc2F)c1. The Bertz CT molecular complexity index is 629. The summed E-state index contributed by atoms with van der Waals surface area (Å²) < 4.78 is 24.5. The maximum Gasteiger partial charge on any atom is 0.165 e. The predicted octanol–water partition coefficient (Wildman–Crippen LogP) is 3.17. The van der Waals surface area contributed by atoms with Gasteiger partial charge in [0.05, 0.1) is 18.9 Å². The Hall–Kier alpha value is -2.14. The smallest absolute Gasteiger partial charge is 0.165 e. The lowest BCUT2D eigenvalue weighted by Crippen LogP contribution is -2.02. The van der Waals surface area contributed by atoms with Crippen molar-refractivity contribution in [3.05, 3.63) is 53.1 Å². The number of methoxy groups -OCH3 is 1. The fraction of sp³-hybridized carbons (Fsp3) is 0.312. The van der Waals surface area contributed by atoms with E-state index in [2.05, 4.69) is 4.98 Å². The van der Waals surface area contributed by atoms with Gasteiger partial charge in [0.15, 0.2) is 11.6 Å². The van der Waals surface area contributed by atoms with Crippen LogP contribution in [0.5, 0.6) is 11.5 Å². The Kier molecular flexibility index (Phi) is 4.75. The van der Waals surface area contributed by atoms with E-state index < -0.39 is 11.9 Å². The molecule has 0 fully saturated rings. The van der Waals surface area contributed by atoms with Crippen LogP contribution in [0.1, 0.15) is 30.0 Å². The van der Waals surface area contributed by atoms with Crippen LogP contribution in [-0.4, -0.2) is 17.2 Å². The summed E-state index contributed by atoms with van der Waals surface area (Å²) >= 11 is 0. The van der Waals surface area contributed by atoms with Gasteiger partial charge in [0, 0.05) is 17.8 Å². The van der Waals surface area contributed by atoms with Crippen LogP contribution in [0.25, 0.3) is 0 Å². The molecule has 0 aliphatic carbocycles. The highest BCUT2D eigenvalue weighted by Gasteiger charge is 2.09. The zero-order valence-electron chi connectivity index (χ0n) is 12.3. The summed E-state index contributed by atoms with van der Waals surface area (Å²) in [5.41, 5.74) is 1.97. The molecule has 5 heteroatoms. The minimum atomic E-state index is -0.712. The summed E-state index contributed by atoms with van der Waals surface area (Å²) in [6.07, 6.45) is -0.712. The topological polar surface area (TPSA) is 51.6 Å². The molecule has 1 aromatic heterocycles. The number of aliphatic hydroxyl groups is 1. The average molecular weight is 291 g/mol. The Balaban J connectivity index is 2.11. The highest BCUT2D eigenvalue weighted by Crippen LogP contribution is 2.23. The predicted molar refractivity (Wildman–Crippen MR) is 76.9 cm³/mol. The van der Waals surface area contributed by atoms with E-state index in [1.54, 1.807) is 26.2 Å². The number of hydrogen-bond donors (Lipinski definition) is 1. The van der Waals surface area contributed by atoms with Crippen molar-refractivity contribution in [2.24, 2.45) is 0 Å². The molecule has 21 heavy (non-hydrogen) atoms. The van der Waals surface area contributed by atoms with Gasteiger partial charge in [-0.25, -0.2) is 4.39 Å². The number of nitrogens with zero attached hydrogens (tertiary/aromatic N) is 1. The summed E-state index contributed by atoms with van der Waals surface area (Å²) in [6, 6.07) is 7.96. The van der Waals surface area contributed by atoms with Gasteiger partial charge in [0.25, 0.3) is 0 Å². The number of hydrogen-bond acceptors (Lipinski definition) is 4. The molecule has 2 aromatic rings. The zero-order valence-corrected chi connectivity index (χ0v) is 12.3. The molecule has 0 aliphatic rings. The van der Waals surface area contributed by atoms with Gasteiger partial charge in [0.2, 0.25) is 0 Å². The molecule has 1 heterocycles. The van der Waals surface area contributed by atoms with Crippen molar-refractivity contribution in [1.82, 2.24) is 4.98 Å². The number of aryl methyl sites for hydroxylation is 1. The average Bonchev–Trinajstić information content (AvgIpc) is 2.45. The fourth-order valence-corrected chi connectivity index (χ4v) is 1.94. The molecule has 112 valence electrons. The van der Waals surface area contributed by atoms with Crippen molar-refractivity contribution in [3.63, 3.8) is 0 Å². The Morgan fingerprint density at radius 2 is 2.05 bits per heavy atom. The summed E-state index contributed by atoms with van der Waals surface area (Å²) in [7, 11) is 1.58. The lowest BCUT2D eigenvalue weighted by molar-refractivity contribution is 0.198. The first-order chi connectivity index (χ1) is 9.99. The van der Waals surface area contributed by atoms with E-state index in [1.165, 1.54) is 12.1 Å². The van der Waals surface area contributed by atoms with Crippen molar-refractivity contribution in [3.8, 4) is 11.5 Å². The molecule has 0 saturated heterocycles. The van der Waals surface area contributed by atoms with Crippen LogP contribution in [0.15, 0.2) is 30.3 Å². The van der Waals surface area contributed by atoms with E-state index in [1.807, 2.05) is 13.0 Å². The zero-order chi connectivity index (χ0) is 15.4. The first kappa shape index (κ1) is 15.3. The van der Waals surface area contributed by atoms with Gasteiger partial charge in [-0.05, 0) is 31.5 Å². The first-order valence-corrected chi connectivity index (χ1v) is 6.61. The van der Waals surface area contributed by atoms with Crippen LogP contribution in [0, 0.1) is 12.7 Å². The third kappa shape index (κ3) is 3.92. The third-order valence-electron chi connectivity index (χ3n) is 3.03. The van der Waals surface area contributed by atoms with Crippen molar-refractivity contribution < 1.29 is 19.0 Å². The second-order valence-electron chi connectivity index (χ2n) is 4.79. The normalized spacial score (nSPS) is 12.0. The highest BCUT2D eigenvalue weighted by atomic mass is 19.1. The van der Waals surface area contributed by atoms with Crippen LogP contribution in [0.2, 0.25) is 0 Å². The van der Waals surface area contributed by atoms with E-state index in [4.69, 9.17) is 9.47 Å². The molecule has 0 amide bonds. The maximum atomic E-state index is 13.9. The minimum absolute atomic E-state index is 0.127. The molecule has 0 bridgehead atoms. The van der Waals surface area contributed by atoms with E-state index in [9.17, 15) is 9.50 Å². The molecule has 1 unspecified atom stereocenters. The summed E-state index contributed by atoms with van der Waals surface area (Å²) in [5, 5.41) is 9.40. The molecule has 1 N–H and O–H groups in total. The standard InChI is InChI=1S/C16H18FNO3/c1-10-6-14(20-3)8-13(18-10)9-21-16-5-4-12(11(2)19)7-15(16)17/h4-8,11,19H,9H2,1-3H3. The largest absolute Gasteiger partial charge is 0.497 e. The number of benzene rings is 1. The van der Waals surface area contributed by atoms with Crippen molar-refractivity contribution >= 4 is 0 Å². The molecule has 0 radical (unpaired) electrons. The lowest BCUT2D eigenvalue weighted by Gasteiger charge is -2.11. The van der Waals surface area contributed by atoms with Crippen LogP contribution >= 0.6 is 0 Å². The molecule has 4 nitrogen and oxygen atoms in total. The number of aromatic nitrogens is 1. The lowest BCUT2D eigenvalue weighted by atomic mass is 10.1. The van der Waals surface area contributed by atoms with Gasteiger partial charge in [-0.15, -0.1) is 0 Å². The molecule has 0 spiro atoms. The quantitative estimate of drug-likeness (QED) is 0.919. The van der Waals surface area contributed by atoms with E-state index in [0.717, 1.165) is 5.69 Å². The molecule has 0 saturated carbocycles. The second-order valence-corrected chi connectivity index (χ2v) is 4.79. The molecular formula is C16H18FNO3. The van der Waals surface area contributed by atoms with Gasteiger partial charge in [-0.2, -0.15) is 0 Å². The number of ether oxygens (including phenoxy) is 2. The summed E-state index contributed by atoms with van der Waals surface area (Å²) in [4.78, 5) is 4.30. The molecule has 2 rings (SSSR count). The maximum absolute atomic E-state index is 13.9. The Morgan fingerprint density at radius 1 is 1.29 bits per heavy atom. The van der Waals surface area contributed by atoms with E-state index in [-0.39, 0.29) is 12.4 Å². The highest BCUT2D eigenvalue weighted by molar-refractivity contribution is 5.31. The molecule has 1 atom stereocenters. The first-order valence-electron chi connectivity index (χ1n) is 6.61. The number of aliphatic hydroxyl groups excluding tert-OH is 1. The van der Waals surface area contributed by atoms with Gasteiger partial charge in [-0.3, -0.25) is 4.98 Å². The van der Waals surface area contributed by atoms with Gasteiger partial charge < -0.3 is 14.6 Å². The van der Waals surface area contributed by atoms with Crippen LogP contribution < -0.4 is 9.47 Å². The monoisotopic (exact) mass is 291 g/mol. The number of halogens is 1. The van der Waals surface area contributed by atoms with Crippen molar-refractivity contribution in [2.45, 2.75) is 26.6 Å². The Labute approximate surface area is 123 Å². The number of pyridine rings is 1. The van der Waals surface area contributed by atoms with E-state index >= 15 is 0 Å². The molecular weight excluding hydrogens is 273 g/mol. The second kappa shape index (κ2) is 6.54. The van der Waals surface area contributed by atoms with Gasteiger partial charge in [-0.1, -0.05) is 6.07 Å². The van der Waals surface area contributed by atoms with E-state index in [0.29, 0.717) is 17.0 Å². The number of rotatable bonds is 5. The van der Waals surface area contributed by atoms with Crippen LogP contribution in [0.4, 0.5) is 4.39 Å². The van der Waals surface area contributed by atoms with Crippen molar-refractivity contribution in [1.29, 1.82) is 0 Å². The Morgan fingerprint density at radius 3 is 2.67 bits per heavy atom.